The lowest BCUT2D eigenvalue weighted by atomic mass is 10.1. The highest BCUT2D eigenvalue weighted by Crippen LogP contribution is 2.33. The number of rotatable bonds is 4. The summed E-state index contributed by atoms with van der Waals surface area (Å²) in [4.78, 5) is 11.5. The number of amides is 1. The van der Waals surface area contributed by atoms with Crippen molar-refractivity contribution in [3.63, 3.8) is 0 Å². The molecule has 0 aliphatic rings. The average molecular weight is 328 g/mol. The monoisotopic (exact) mass is 327 g/mol. The molecule has 0 bridgehead atoms. The molecule has 7 heteroatoms. The molecular formula is C11H10BrF4NO. The van der Waals surface area contributed by atoms with Gasteiger partial charge >= 0.3 is 6.18 Å². The second-order valence-corrected chi connectivity index (χ2v) is 4.40. The van der Waals surface area contributed by atoms with Gasteiger partial charge in [-0.2, -0.15) is 13.2 Å². The van der Waals surface area contributed by atoms with Crippen LogP contribution in [0, 0.1) is 0 Å². The molecule has 1 amide bonds. The second kappa shape index (κ2) is 6.17. The molecule has 1 aromatic carbocycles. The molecule has 1 aromatic rings. The summed E-state index contributed by atoms with van der Waals surface area (Å²) in [6, 6.07) is 3.26. The molecule has 0 fully saturated rings. The summed E-state index contributed by atoms with van der Waals surface area (Å²) in [5, 5.41) is 2.24. The smallest absolute Gasteiger partial charge is 0.352 e. The molecule has 100 valence electrons. The lowest BCUT2D eigenvalue weighted by Gasteiger charge is -2.13. The number of alkyl halides is 4. The summed E-state index contributed by atoms with van der Waals surface area (Å²) >= 11 is 2.92. The zero-order valence-electron chi connectivity index (χ0n) is 9.15. The maximum atomic E-state index is 12.7. The molecule has 0 unspecified atom stereocenters. The van der Waals surface area contributed by atoms with Crippen LogP contribution in [-0.4, -0.2) is 19.1 Å². The van der Waals surface area contributed by atoms with Gasteiger partial charge < -0.3 is 5.32 Å². The van der Waals surface area contributed by atoms with Crippen molar-refractivity contribution in [1.29, 1.82) is 0 Å². The third-order valence-electron chi connectivity index (χ3n) is 2.13. The summed E-state index contributed by atoms with van der Waals surface area (Å²) < 4.78 is 50.2. The Morgan fingerprint density at radius 1 is 1.33 bits per heavy atom. The molecule has 0 saturated heterocycles. The Morgan fingerprint density at radius 2 is 2.00 bits per heavy atom. The fraction of sp³-hybridized carbons (Fsp3) is 0.364. The van der Waals surface area contributed by atoms with E-state index in [9.17, 15) is 22.4 Å². The highest BCUT2D eigenvalue weighted by Gasteiger charge is 2.35. The van der Waals surface area contributed by atoms with E-state index < -0.39 is 29.9 Å². The van der Waals surface area contributed by atoms with E-state index in [0.29, 0.717) is 0 Å². The molecule has 0 aliphatic heterocycles. The van der Waals surface area contributed by atoms with Crippen LogP contribution >= 0.6 is 15.9 Å². The first-order valence-electron chi connectivity index (χ1n) is 5.07. The number of benzene rings is 1. The maximum absolute atomic E-state index is 12.7. The van der Waals surface area contributed by atoms with Crippen LogP contribution < -0.4 is 5.32 Å². The molecule has 0 aliphatic carbocycles. The van der Waals surface area contributed by atoms with Crippen LogP contribution in [0.25, 0.3) is 0 Å². The summed E-state index contributed by atoms with van der Waals surface area (Å²) in [6.07, 6.45) is -4.54. The SMILES string of the molecule is O=C(NCCCF)c1ccc(Br)cc1C(F)(F)F. The molecule has 0 heterocycles. The second-order valence-electron chi connectivity index (χ2n) is 3.49. The molecule has 1 rings (SSSR count). The van der Waals surface area contributed by atoms with Gasteiger partial charge in [0, 0.05) is 11.0 Å². The summed E-state index contributed by atoms with van der Waals surface area (Å²) in [5.41, 5.74) is -1.49. The first-order chi connectivity index (χ1) is 8.36. The highest BCUT2D eigenvalue weighted by atomic mass is 79.9. The fourth-order valence-electron chi connectivity index (χ4n) is 1.31. The number of halogens is 5. The molecule has 0 spiro atoms. The first kappa shape index (κ1) is 14.9. The molecule has 0 saturated carbocycles. The minimum atomic E-state index is -4.61. The van der Waals surface area contributed by atoms with E-state index in [4.69, 9.17) is 0 Å². The van der Waals surface area contributed by atoms with Gasteiger partial charge in [-0.1, -0.05) is 15.9 Å². The quantitative estimate of drug-likeness (QED) is 0.665. The van der Waals surface area contributed by atoms with Crippen LogP contribution in [0.2, 0.25) is 0 Å². The molecule has 1 N–H and O–H groups in total. The van der Waals surface area contributed by atoms with E-state index in [2.05, 4.69) is 21.2 Å². The van der Waals surface area contributed by atoms with Crippen molar-refractivity contribution in [3.05, 3.63) is 33.8 Å². The minimum Gasteiger partial charge on any atom is -0.352 e. The van der Waals surface area contributed by atoms with Crippen molar-refractivity contribution in [1.82, 2.24) is 5.32 Å². The van der Waals surface area contributed by atoms with Crippen molar-refractivity contribution in [2.45, 2.75) is 12.6 Å². The topological polar surface area (TPSA) is 29.1 Å². The zero-order chi connectivity index (χ0) is 13.8. The third-order valence-corrected chi connectivity index (χ3v) is 2.62. The molecule has 0 radical (unpaired) electrons. The van der Waals surface area contributed by atoms with Crippen LogP contribution in [0.4, 0.5) is 17.6 Å². The first-order valence-corrected chi connectivity index (χ1v) is 5.86. The summed E-state index contributed by atoms with van der Waals surface area (Å²) in [6.45, 7) is -0.630. The largest absolute Gasteiger partial charge is 0.417 e. The van der Waals surface area contributed by atoms with E-state index in [1.54, 1.807) is 0 Å². The number of carbonyl (C=O) groups is 1. The minimum absolute atomic E-state index is 0.00267. The Bertz CT molecular complexity index is 434. The van der Waals surface area contributed by atoms with Crippen molar-refractivity contribution in [3.8, 4) is 0 Å². The van der Waals surface area contributed by atoms with Crippen LogP contribution in [-0.2, 0) is 6.18 Å². The van der Waals surface area contributed by atoms with Crippen LogP contribution in [0.1, 0.15) is 22.3 Å². The number of carbonyl (C=O) groups excluding carboxylic acids is 1. The normalized spacial score (nSPS) is 11.4. The number of hydrogen-bond acceptors (Lipinski definition) is 1. The Labute approximate surface area is 109 Å². The molecule has 0 atom stereocenters. The Hall–Kier alpha value is -1.11. The average Bonchev–Trinajstić information content (AvgIpc) is 2.28. The van der Waals surface area contributed by atoms with E-state index in [0.717, 1.165) is 12.1 Å². The Kier molecular flexibility index (Phi) is 5.13. The van der Waals surface area contributed by atoms with E-state index in [-0.39, 0.29) is 17.4 Å². The van der Waals surface area contributed by atoms with Crippen molar-refractivity contribution >= 4 is 21.8 Å². The zero-order valence-corrected chi connectivity index (χ0v) is 10.7. The number of nitrogens with one attached hydrogen (secondary N) is 1. The van der Waals surface area contributed by atoms with Gasteiger partial charge in [0.2, 0.25) is 0 Å². The molecule has 2 nitrogen and oxygen atoms in total. The lowest BCUT2D eigenvalue weighted by Crippen LogP contribution is -2.27. The predicted molar refractivity (Wildman–Crippen MR) is 62.1 cm³/mol. The van der Waals surface area contributed by atoms with Gasteiger partial charge in [-0.3, -0.25) is 9.18 Å². The highest BCUT2D eigenvalue weighted by molar-refractivity contribution is 9.10. The van der Waals surface area contributed by atoms with Crippen molar-refractivity contribution < 1.29 is 22.4 Å². The standard InChI is InChI=1S/C11H10BrF4NO/c12-7-2-3-8(9(6-7)11(14,15)16)10(18)17-5-1-4-13/h2-3,6H,1,4-5H2,(H,17,18). The van der Waals surface area contributed by atoms with Gasteiger partial charge in [0.1, 0.15) is 0 Å². The van der Waals surface area contributed by atoms with E-state index >= 15 is 0 Å². The molecular weight excluding hydrogens is 318 g/mol. The summed E-state index contributed by atoms with van der Waals surface area (Å²) in [7, 11) is 0. The van der Waals surface area contributed by atoms with Gasteiger partial charge in [0.05, 0.1) is 17.8 Å². The van der Waals surface area contributed by atoms with Gasteiger partial charge in [-0.25, -0.2) is 0 Å². The Morgan fingerprint density at radius 3 is 2.56 bits per heavy atom. The van der Waals surface area contributed by atoms with Crippen LogP contribution in [0.5, 0.6) is 0 Å². The van der Waals surface area contributed by atoms with E-state index in [1.165, 1.54) is 6.07 Å². The molecule has 18 heavy (non-hydrogen) atoms. The summed E-state index contributed by atoms with van der Waals surface area (Å²) in [5.74, 6) is -0.858. The fourth-order valence-corrected chi connectivity index (χ4v) is 1.67. The third kappa shape index (κ3) is 3.97. The predicted octanol–water partition coefficient (Wildman–Crippen LogP) is 3.56. The van der Waals surface area contributed by atoms with Crippen molar-refractivity contribution in [2.75, 3.05) is 13.2 Å². The van der Waals surface area contributed by atoms with Gasteiger partial charge in [-0.15, -0.1) is 0 Å². The number of hydrogen-bond donors (Lipinski definition) is 1. The molecule has 0 aromatic heterocycles. The Balaban J connectivity index is 2.97. The van der Waals surface area contributed by atoms with Crippen LogP contribution in [0.3, 0.4) is 0 Å². The van der Waals surface area contributed by atoms with Crippen molar-refractivity contribution in [2.24, 2.45) is 0 Å². The van der Waals surface area contributed by atoms with Gasteiger partial charge in [0.15, 0.2) is 0 Å². The van der Waals surface area contributed by atoms with Gasteiger partial charge in [0.25, 0.3) is 5.91 Å². The lowest BCUT2D eigenvalue weighted by molar-refractivity contribution is -0.138. The van der Waals surface area contributed by atoms with Crippen LogP contribution in [0.15, 0.2) is 22.7 Å². The maximum Gasteiger partial charge on any atom is 0.417 e. The van der Waals surface area contributed by atoms with Gasteiger partial charge in [-0.05, 0) is 24.6 Å². The van der Waals surface area contributed by atoms with E-state index in [1.807, 2.05) is 0 Å².